The first kappa shape index (κ1) is 12.0. The average molecular weight is 200 g/mol. The van der Waals surface area contributed by atoms with Gasteiger partial charge in [0, 0.05) is 0 Å². The second kappa shape index (κ2) is 6.41. The fraction of sp³-hybridized carbons (Fsp3) is 1.00. The molecule has 1 atom stereocenters. The van der Waals surface area contributed by atoms with E-state index in [1.54, 1.807) is 0 Å². The Labute approximate surface area is 87.7 Å². The zero-order chi connectivity index (χ0) is 10.4. The lowest BCUT2D eigenvalue weighted by atomic mass is 10.1. The third-order valence-corrected chi connectivity index (χ3v) is 3.07. The fourth-order valence-corrected chi connectivity index (χ4v) is 1.84. The van der Waals surface area contributed by atoms with Crippen LogP contribution < -0.4 is 0 Å². The van der Waals surface area contributed by atoms with Crippen molar-refractivity contribution in [1.29, 1.82) is 0 Å². The molecule has 1 fully saturated rings. The molecule has 0 bridgehead atoms. The van der Waals surface area contributed by atoms with Crippen molar-refractivity contribution in [3.05, 3.63) is 0 Å². The number of aliphatic hydroxyl groups is 1. The Hall–Kier alpha value is -0.0800. The lowest BCUT2D eigenvalue weighted by molar-refractivity contribution is -0.0302. The third-order valence-electron chi connectivity index (χ3n) is 3.07. The molecule has 1 aliphatic rings. The number of rotatable bonds is 4. The molecule has 0 radical (unpaired) electrons. The summed E-state index contributed by atoms with van der Waals surface area (Å²) >= 11 is 0. The van der Waals surface area contributed by atoms with Crippen LogP contribution in [-0.2, 0) is 4.74 Å². The Morgan fingerprint density at radius 2 is 1.71 bits per heavy atom. The van der Waals surface area contributed by atoms with Crippen molar-refractivity contribution in [3.8, 4) is 0 Å². The van der Waals surface area contributed by atoms with Crippen LogP contribution in [0.5, 0.6) is 0 Å². The van der Waals surface area contributed by atoms with Crippen LogP contribution in [0.15, 0.2) is 0 Å². The monoisotopic (exact) mass is 200 g/mol. The maximum absolute atomic E-state index is 9.60. The molecular weight excluding hydrogens is 176 g/mol. The first-order chi connectivity index (χ1) is 6.70. The van der Waals surface area contributed by atoms with Crippen molar-refractivity contribution >= 4 is 0 Å². The lowest BCUT2D eigenvalue weighted by Crippen LogP contribution is -2.25. The fourth-order valence-electron chi connectivity index (χ4n) is 1.84. The van der Waals surface area contributed by atoms with E-state index in [2.05, 4.69) is 0 Å². The van der Waals surface area contributed by atoms with Crippen LogP contribution in [0, 0.1) is 5.92 Å². The zero-order valence-electron chi connectivity index (χ0n) is 9.54. The summed E-state index contributed by atoms with van der Waals surface area (Å²) < 4.78 is 5.74. The van der Waals surface area contributed by atoms with E-state index in [9.17, 15) is 5.11 Å². The summed E-state index contributed by atoms with van der Waals surface area (Å²) in [6, 6.07) is 0. The van der Waals surface area contributed by atoms with E-state index in [1.807, 2.05) is 13.8 Å². The number of hydrogen-bond acceptors (Lipinski definition) is 2. The van der Waals surface area contributed by atoms with E-state index in [1.165, 1.54) is 38.5 Å². The molecule has 0 saturated heterocycles. The van der Waals surface area contributed by atoms with Gasteiger partial charge in [0.1, 0.15) is 0 Å². The standard InChI is InChI=1S/C12H24O2/c1-10(2)12(13)9-14-11-7-5-3-4-6-8-11/h10-13H,3-9H2,1-2H3. The van der Waals surface area contributed by atoms with Crippen molar-refractivity contribution in [1.82, 2.24) is 0 Å². The van der Waals surface area contributed by atoms with E-state index in [0.717, 1.165) is 0 Å². The van der Waals surface area contributed by atoms with Gasteiger partial charge in [-0.3, -0.25) is 0 Å². The molecule has 84 valence electrons. The smallest absolute Gasteiger partial charge is 0.0796 e. The minimum Gasteiger partial charge on any atom is -0.390 e. The molecule has 1 N–H and O–H groups in total. The summed E-state index contributed by atoms with van der Waals surface area (Å²) in [5.74, 6) is 0.306. The highest BCUT2D eigenvalue weighted by Crippen LogP contribution is 2.20. The van der Waals surface area contributed by atoms with Gasteiger partial charge in [0.2, 0.25) is 0 Å². The second-order valence-corrected chi connectivity index (χ2v) is 4.76. The molecule has 2 heteroatoms. The molecule has 0 aromatic heterocycles. The van der Waals surface area contributed by atoms with E-state index in [-0.39, 0.29) is 6.10 Å². The van der Waals surface area contributed by atoms with Crippen LogP contribution in [0.2, 0.25) is 0 Å². The quantitative estimate of drug-likeness (QED) is 0.707. The number of hydrogen-bond donors (Lipinski definition) is 1. The molecule has 0 spiro atoms. The highest BCUT2D eigenvalue weighted by Gasteiger charge is 2.15. The predicted octanol–water partition coefficient (Wildman–Crippen LogP) is 2.74. The van der Waals surface area contributed by atoms with Crippen molar-refractivity contribution in [2.24, 2.45) is 5.92 Å². The van der Waals surface area contributed by atoms with Crippen LogP contribution >= 0.6 is 0 Å². The van der Waals surface area contributed by atoms with Gasteiger partial charge >= 0.3 is 0 Å². The summed E-state index contributed by atoms with van der Waals surface area (Å²) in [6.07, 6.45) is 7.78. The minimum absolute atomic E-state index is 0.293. The Bertz CT molecular complexity index is 137. The summed E-state index contributed by atoms with van der Waals surface area (Å²) in [5.41, 5.74) is 0. The normalized spacial score (nSPS) is 22.3. The highest BCUT2D eigenvalue weighted by atomic mass is 16.5. The highest BCUT2D eigenvalue weighted by molar-refractivity contribution is 4.66. The first-order valence-electron chi connectivity index (χ1n) is 6.00. The van der Waals surface area contributed by atoms with Crippen molar-refractivity contribution in [2.75, 3.05) is 6.61 Å². The molecule has 1 saturated carbocycles. The van der Waals surface area contributed by atoms with Crippen molar-refractivity contribution in [3.63, 3.8) is 0 Å². The molecule has 14 heavy (non-hydrogen) atoms. The van der Waals surface area contributed by atoms with Crippen LogP contribution in [0.3, 0.4) is 0 Å². The molecule has 1 aliphatic carbocycles. The van der Waals surface area contributed by atoms with Crippen LogP contribution in [-0.4, -0.2) is 23.9 Å². The van der Waals surface area contributed by atoms with Gasteiger partial charge in [0.05, 0.1) is 18.8 Å². The van der Waals surface area contributed by atoms with Gasteiger partial charge in [0.25, 0.3) is 0 Å². The molecule has 0 heterocycles. The van der Waals surface area contributed by atoms with E-state index >= 15 is 0 Å². The molecule has 2 nitrogen and oxygen atoms in total. The Morgan fingerprint density at radius 1 is 1.14 bits per heavy atom. The van der Waals surface area contributed by atoms with E-state index in [0.29, 0.717) is 18.6 Å². The Kier molecular flexibility index (Phi) is 5.49. The number of aliphatic hydroxyl groups excluding tert-OH is 1. The van der Waals surface area contributed by atoms with Gasteiger partial charge in [-0.05, 0) is 18.8 Å². The van der Waals surface area contributed by atoms with Crippen molar-refractivity contribution < 1.29 is 9.84 Å². The summed E-state index contributed by atoms with van der Waals surface area (Å²) in [4.78, 5) is 0. The van der Waals surface area contributed by atoms with Gasteiger partial charge in [-0.2, -0.15) is 0 Å². The number of ether oxygens (including phenoxy) is 1. The van der Waals surface area contributed by atoms with Gasteiger partial charge < -0.3 is 9.84 Å². The van der Waals surface area contributed by atoms with E-state index in [4.69, 9.17) is 4.74 Å². The maximum atomic E-state index is 9.60. The summed E-state index contributed by atoms with van der Waals surface area (Å²) in [7, 11) is 0. The van der Waals surface area contributed by atoms with Gasteiger partial charge in [0.15, 0.2) is 0 Å². The average Bonchev–Trinajstić information content (AvgIpc) is 2.42. The molecule has 0 amide bonds. The summed E-state index contributed by atoms with van der Waals surface area (Å²) in [6.45, 7) is 4.57. The first-order valence-corrected chi connectivity index (χ1v) is 6.00. The molecule has 0 aliphatic heterocycles. The molecule has 0 aromatic carbocycles. The Balaban J connectivity index is 2.15. The van der Waals surface area contributed by atoms with Gasteiger partial charge in [-0.25, -0.2) is 0 Å². The third kappa shape index (κ3) is 4.43. The summed E-state index contributed by atoms with van der Waals surface area (Å²) in [5, 5.41) is 9.60. The Morgan fingerprint density at radius 3 is 2.21 bits per heavy atom. The lowest BCUT2D eigenvalue weighted by Gasteiger charge is -2.20. The van der Waals surface area contributed by atoms with Crippen LogP contribution in [0.25, 0.3) is 0 Å². The van der Waals surface area contributed by atoms with Gasteiger partial charge in [-0.1, -0.05) is 39.5 Å². The van der Waals surface area contributed by atoms with Crippen molar-refractivity contribution in [2.45, 2.75) is 64.6 Å². The molecule has 0 aromatic rings. The molecule has 1 unspecified atom stereocenters. The molecular formula is C12H24O2. The van der Waals surface area contributed by atoms with E-state index < -0.39 is 0 Å². The van der Waals surface area contributed by atoms with Crippen LogP contribution in [0.4, 0.5) is 0 Å². The second-order valence-electron chi connectivity index (χ2n) is 4.76. The zero-order valence-corrected chi connectivity index (χ0v) is 9.54. The topological polar surface area (TPSA) is 29.5 Å². The minimum atomic E-state index is -0.293. The SMILES string of the molecule is CC(C)C(O)COC1CCCCCC1. The van der Waals surface area contributed by atoms with Gasteiger partial charge in [-0.15, -0.1) is 0 Å². The maximum Gasteiger partial charge on any atom is 0.0796 e. The molecule has 1 rings (SSSR count). The largest absolute Gasteiger partial charge is 0.390 e. The van der Waals surface area contributed by atoms with Crippen LogP contribution in [0.1, 0.15) is 52.4 Å². The predicted molar refractivity (Wildman–Crippen MR) is 58.3 cm³/mol.